The molecule has 0 spiro atoms. The molecule has 2 heterocycles. The van der Waals surface area contributed by atoms with Crippen molar-refractivity contribution in [1.82, 2.24) is 10.2 Å². The highest BCUT2D eigenvalue weighted by Gasteiger charge is 2.22. The fourth-order valence-corrected chi connectivity index (χ4v) is 1.83. The van der Waals surface area contributed by atoms with Crippen LogP contribution < -0.4 is 11.1 Å². The Morgan fingerprint density at radius 1 is 1.53 bits per heavy atom. The van der Waals surface area contributed by atoms with E-state index >= 15 is 0 Å². The molecule has 92 valence electrons. The van der Waals surface area contributed by atoms with E-state index in [2.05, 4.69) is 22.4 Å². The Labute approximate surface area is 99.6 Å². The van der Waals surface area contributed by atoms with E-state index in [1.165, 1.54) is 0 Å². The van der Waals surface area contributed by atoms with Crippen LogP contribution in [0.5, 0.6) is 0 Å². The number of rotatable bonds is 3. The zero-order valence-corrected chi connectivity index (χ0v) is 9.72. The van der Waals surface area contributed by atoms with E-state index in [0.29, 0.717) is 17.8 Å². The van der Waals surface area contributed by atoms with Gasteiger partial charge in [-0.1, -0.05) is 6.92 Å². The smallest absolute Gasteiger partial charge is 0.269 e. The van der Waals surface area contributed by atoms with Crippen molar-refractivity contribution in [1.29, 1.82) is 0 Å². The Bertz CT molecular complexity index is 393. The van der Waals surface area contributed by atoms with Crippen LogP contribution in [0.2, 0.25) is 0 Å². The number of ether oxygens (including phenoxy) is 1. The van der Waals surface area contributed by atoms with Gasteiger partial charge in [0, 0.05) is 12.6 Å². The van der Waals surface area contributed by atoms with Crippen LogP contribution in [0.15, 0.2) is 12.1 Å². The topological polar surface area (TPSA) is 90.1 Å². The van der Waals surface area contributed by atoms with Gasteiger partial charge in [-0.3, -0.25) is 4.79 Å². The predicted molar refractivity (Wildman–Crippen MR) is 62.6 cm³/mol. The number of carbonyl (C=O) groups is 1. The molecule has 2 atom stereocenters. The van der Waals surface area contributed by atoms with Gasteiger partial charge in [-0.15, -0.1) is 10.2 Å². The molecule has 1 aromatic heterocycles. The van der Waals surface area contributed by atoms with Gasteiger partial charge in [0.05, 0.1) is 6.61 Å². The lowest BCUT2D eigenvalue weighted by molar-refractivity contribution is 0.0537. The molecule has 1 fully saturated rings. The van der Waals surface area contributed by atoms with Crippen molar-refractivity contribution in [2.75, 3.05) is 18.5 Å². The first-order valence-corrected chi connectivity index (χ1v) is 5.64. The van der Waals surface area contributed by atoms with Gasteiger partial charge in [0.25, 0.3) is 5.91 Å². The number of nitrogens with one attached hydrogen (secondary N) is 1. The van der Waals surface area contributed by atoms with E-state index in [-0.39, 0.29) is 5.69 Å². The Morgan fingerprint density at radius 2 is 2.35 bits per heavy atom. The van der Waals surface area contributed by atoms with Crippen molar-refractivity contribution < 1.29 is 9.53 Å². The summed E-state index contributed by atoms with van der Waals surface area (Å²) in [6, 6.07) is 3.62. The van der Waals surface area contributed by atoms with Crippen LogP contribution in [0, 0.1) is 5.92 Å². The number of aromatic nitrogens is 2. The number of amides is 1. The predicted octanol–water partition coefficient (Wildman–Crippen LogP) is 0.412. The molecule has 6 heteroatoms. The first-order valence-electron chi connectivity index (χ1n) is 5.64. The molecule has 1 saturated heterocycles. The van der Waals surface area contributed by atoms with E-state index in [4.69, 9.17) is 10.5 Å². The molecular weight excluding hydrogens is 220 g/mol. The molecule has 6 nitrogen and oxygen atoms in total. The molecule has 2 unspecified atom stereocenters. The largest absolute Gasteiger partial charge is 0.381 e. The van der Waals surface area contributed by atoms with Crippen LogP contribution in [0.25, 0.3) is 0 Å². The summed E-state index contributed by atoms with van der Waals surface area (Å²) in [4.78, 5) is 10.8. The van der Waals surface area contributed by atoms with Crippen molar-refractivity contribution >= 4 is 11.7 Å². The van der Waals surface area contributed by atoms with Gasteiger partial charge in [-0.25, -0.2) is 0 Å². The van der Waals surface area contributed by atoms with Crippen LogP contribution in [0.1, 0.15) is 23.8 Å². The van der Waals surface area contributed by atoms with Gasteiger partial charge >= 0.3 is 0 Å². The maximum Gasteiger partial charge on any atom is 0.269 e. The maximum atomic E-state index is 10.8. The zero-order valence-electron chi connectivity index (χ0n) is 9.72. The normalized spacial score (nSPS) is 24.3. The average Bonchev–Trinajstić information content (AvgIpc) is 2.33. The molecule has 0 aliphatic carbocycles. The van der Waals surface area contributed by atoms with Gasteiger partial charge in [-0.05, 0) is 24.5 Å². The van der Waals surface area contributed by atoms with Crippen molar-refractivity contribution in [3.8, 4) is 0 Å². The van der Waals surface area contributed by atoms with Gasteiger partial charge in [-0.2, -0.15) is 0 Å². The highest BCUT2D eigenvalue weighted by Crippen LogP contribution is 2.17. The van der Waals surface area contributed by atoms with Gasteiger partial charge in [0.2, 0.25) is 0 Å². The Morgan fingerprint density at radius 3 is 2.94 bits per heavy atom. The second kappa shape index (κ2) is 5.09. The molecule has 0 saturated carbocycles. The highest BCUT2D eigenvalue weighted by molar-refractivity contribution is 5.90. The summed E-state index contributed by atoms with van der Waals surface area (Å²) in [5.74, 6) is 0.526. The molecule has 1 aliphatic heterocycles. The minimum absolute atomic E-state index is 0.176. The van der Waals surface area contributed by atoms with Crippen LogP contribution >= 0.6 is 0 Å². The van der Waals surface area contributed by atoms with Crippen molar-refractivity contribution in [3.63, 3.8) is 0 Å². The first-order chi connectivity index (χ1) is 8.16. The fraction of sp³-hybridized carbons (Fsp3) is 0.545. The number of nitrogens with two attached hydrogens (primary N) is 1. The summed E-state index contributed by atoms with van der Waals surface area (Å²) in [6.07, 6.45) is 0.945. The van der Waals surface area contributed by atoms with E-state index in [1.807, 2.05) is 0 Å². The summed E-state index contributed by atoms with van der Waals surface area (Å²) in [6.45, 7) is 3.64. The van der Waals surface area contributed by atoms with Crippen LogP contribution in [-0.2, 0) is 4.74 Å². The number of hydrogen-bond donors (Lipinski definition) is 2. The van der Waals surface area contributed by atoms with Gasteiger partial charge in [0.1, 0.15) is 5.82 Å². The Hall–Kier alpha value is -1.69. The number of primary amides is 1. The maximum absolute atomic E-state index is 10.8. The van der Waals surface area contributed by atoms with Crippen LogP contribution in [-0.4, -0.2) is 35.4 Å². The molecular formula is C11H16N4O2. The summed E-state index contributed by atoms with van der Waals surface area (Å²) < 4.78 is 5.36. The first kappa shape index (κ1) is 11.8. The third-order valence-corrected chi connectivity index (χ3v) is 2.89. The minimum atomic E-state index is -0.566. The number of hydrogen-bond acceptors (Lipinski definition) is 5. The van der Waals surface area contributed by atoms with Gasteiger partial charge < -0.3 is 15.8 Å². The van der Waals surface area contributed by atoms with Crippen LogP contribution in [0.4, 0.5) is 5.82 Å². The molecule has 1 aliphatic rings. The SMILES string of the molecule is CC1COCCC1Nc1ccc(C(N)=O)nn1. The lowest BCUT2D eigenvalue weighted by Crippen LogP contribution is -2.36. The third-order valence-electron chi connectivity index (χ3n) is 2.89. The standard InChI is InChI=1S/C11H16N4O2/c1-7-6-17-5-4-8(7)13-10-3-2-9(11(12)16)14-15-10/h2-3,7-8H,4-6H2,1H3,(H2,12,16)(H,13,15). The molecule has 2 rings (SSSR count). The molecule has 17 heavy (non-hydrogen) atoms. The van der Waals surface area contributed by atoms with Crippen molar-refractivity contribution in [3.05, 3.63) is 17.8 Å². The number of carbonyl (C=O) groups excluding carboxylic acids is 1. The zero-order chi connectivity index (χ0) is 12.3. The molecule has 0 aromatic carbocycles. The molecule has 1 aromatic rings. The molecule has 0 radical (unpaired) electrons. The fourth-order valence-electron chi connectivity index (χ4n) is 1.83. The number of anilines is 1. The van der Waals surface area contributed by atoms with E-state index in [9.17, 15) is 4.79 Å². The highest BCUT2D eigenvalue weighted by atomic mass is 16.5. The quantitative estimate of drug-likeness (QED) is 0.793. The monoisotopic (exact) mass is 236 g/mol. The second-order valence-electron chi connectivity index (χ2n) is 4.26. The van der Waals surface area contributed by atoms with E-state index < -0.39 is 5.91 Å². The van der Waals surface area contributed by atoms with Gasteiger partial charge in [0.15, 0.2) is 5.69 Å². The Balaban J connectivity index is 2.00. The summed E-state index contributed by atoms with van der Waals surface area (Å²) in [5.41, 5.74) is 5.27. The van der Waals surface area contributed by atoms with Crippen LogP contribution in [0.3, 0.4) is 0 Å². The van der Waals surface area contributed by atoms with Crippen molar-refractivity contribution in [2.24, 2.45) is 11.7 Å². The molecule has 1 amide bonds. The summed E-state index contributed by atoms with van der Waals surface area (Å²) in [7, 11) is 0. The van der Waals surface area contributed by atoms with E-state index in [0.717, 1.165) is 19.6 Å². The molecule has 0 bridgehead atoms. The van der Waals surface area contributed by atoms with Crippen molar-refractivity contribution in [2.45, 2.75) is 19.4 Å². The lowest BCUT2D eigenvalue weighted by Gasteiger charge is -2.29. The summed E-state index contributed by atoms with van der Waals surface area (Å²) >= 11 is 0. The lowest BCUT2D eigenvalue weighted by atomic mass is 9.98. The minimum Gasteiger partial charge on any atom is -0.381 e. The second-order valence-corrected chi connectivity index (χ2v) is 4.26. The van der Waals surface area contributed by atoms with E-state index in [1.54, 1.807) is 12.1 Å². The average molecular weight is 236 g/mol. The molecule has 3 N–H and O–H groups in total. The number of nitrogens with zero attached hydrogens (tertiary/aromatic N) is 2. The third kappa shape index (κ3) is 2.91. The summed E-state index contributed by atoms with van der Waals surface area (Å²) in [5, 5.41) is 11.0. The Kier molecular flexibility index (Phi) is 3.53.